The Kier molecular flexibility index (Phi) is 4.67. The highest BCUT2D eigenvalue weighted by Crippen LogP contribution is 2.13. The van der Waals surface area contributed by atoms with Crippen LogP contribution in [0.2, 0.25) is 0 Å². The Morgan fingerprint density at radius 1 is 1.29 bits per heavy atom. The lowest BCUT2D eigenvalue weighted by molar-refractivity contribution is 0.0999. The second-order valence-corrected chi connectivity index (χ2v) is 4.43. The van der Waals surface area contributed by atoms with E-state index in [1.54, 1.807) is 0 Å². The van der Waals surface area contributed by atoms with E-state index in [-0.39, 0.29) is 6.04 Å². The average molecular weight is 248 g/mol. The van der Waals surface area contributed by atoms with Crippen LogP contribution in [0.25, 0.3) is 0 Å². The molecular weight excluding hydrogens is 232 g/mol. The van der Waals surface area contributed by atoms with Gasteiger partial charge in [-0.15, -0.1) is 0 Å². The van der Waals surface area contributed by atoms with E-state index in [4.69, 9.17) is 4.74 Å². The molecule has 1 atom stereocenters. The number of nitrogens with one attached hydrogen (secondary N) is 1. The lowest BCUT2D eigenvalue weighted by Crippen LogP contribution is -2.21. The summed E-state index contributed by atoms with van der Waals surface area (Å²) in [6.07, 6.45) is 0. The molecular formula is C13H16N2OS. The molecule has 0 amide bonds. The smallest absolute Gasteiger partial charge is 0.0741 e. The summed E-state index contributed by atoms with van der Waals surface area (Å²) in [6.45, 7) is 1.28. The fraction of sp³-hybridized carbons (Fsp3) is 0.308. The number of benzene rings is 1. The molecule has 3 nitrogen and oxygen atoms in total. The van der Waals surface area contributed by atoms with Gasteiger partial charge in [-0.3, -0.25) is 0 Å². The standard InChI is InChI=1S/C13H16N2OS/c1-14-13(12-7-8-17-15-12)10-16-9-11-5-3-2-4-6-11/h2-8,13-14H,9-10H2,1H3. The molecule has 1 unspecified atom stereocenters. The SMILES string of the molecule is CNC(COCc1ccccc1)c1ccsn1. The average Bonchev–Trinajstić information content (AvgIpc) is 2.90. The Labute approximate surface area is 106 Å². The summed E-state index contributed by atoms with van der Waals surface area (Å²) in [6, 6.07) is 12.4. The van der Waals surface area contributed by atoms with E-state index < -0.39 is 0 Å². The van der Waals surface area contributed by atoms with Gasteiger partial charge in [-0.25, -0.2) is 0 Å². The topological polar surface area (TPSA) is 34.1 Å². The minimum Gasteiger partial charge on any atom is -0.375 e. The van der Waals surface area contributed by atoms with Crippen LogP contribution < -0.4 is 5.32 Å². The quantitative estimate of drug-likeness (QED) is 0.853. The van der Waals surface area contributed by atoms with Crippen LogP contribution in [-0.2, 0) is 11.3 Å². The van der Waals surface area contributed by atoms with Crippen molar-refractivity contribution in [3.8, 4) is 0 Å². The van der Waals surface area contributed by atoms with Gasteiger partial charge in [0.05, 0.1) is 24.9 Å². The largest absolute Gasteiger partial charge is 0.375 e. The molecule has 0 saturated carbocycles. The third kappa shape index (κ3) is 3.63. The zero-order chi connectivity index (χ0) is 11.9. The van der Waals surface area contributed by atoms with Crippen molar-refractivity contribution in [3.63, 3.8) is 0 Å². The predicted octanol–water partition coefficient (Wildman–Crippen LogP) is 2.62. The molecule has 0 aliphatic carbocycles. The Morgan fingerprint density at radius 2 is 2.12 bits per heavy atom. The zero-order valence-corrected chi connectivity index (χ0v) is 10.6. The first-order chi connectivity index (χ1) is 8.40. The lowest BCUT2D eigenvalue weighted by atomic mass is 10.2. The molecule has 1 aromatic carbocycles. The van der Waals surface area contributed by atoms with Crippen LogP contribution in [0.4, 0.5) is 0 Å². The van der Waals surface area contributed by atoms with Crippen LogP contribution >= 0.6 is 11.5 Å². The second kappa shape index (κ2) is 6.49. The van der Waals surface area contributed by atoms with E-state index in [0.717, 1.165) is 5.69 Å². The van der Waals surface area contributed by atoms with Crippen molar-refractivity contribution in [2.24, 2.45) is 0 Å². The summed E-state index contributed by atoms with van der Waals surface area (Å²) in [7, 11) is 1.93. The number of likely N-dealkylation sites (N-methyl/N-ethyl adjacent to an activating group) is 1. The monoisotopic (exact) mass is 248 g/mol. The van der Waals surface area contributed by atoms with Gasteiger partial charge in [-0.05, 0) is 30.2 Å². The summed E-state index contributed by atoms with van der Waals surface area (Å²) in [5.41, 5.74) is 2.24. The number of rotatable bonds is 6. The van der Waals surface area contributed by atoms with Gasteiger partial charge >= 0.3 is 0 Å². The van der Waals surface area contributed by atoms with Gasteiger partial charge in [0.25, 0.3) is 0 Å². The molecule has 4 heteroatoms. The van der Waals surface area contributed by atoms with Gasteiger partial charge in [0.15, 0.2) is 0 Å². The van der Waals surface area contributed by atoms with E-state index in [1.165, 1.54) is 17.1 Å². The first kappa shape index (κ1) is 12.2. The lowest BCUT2D eigenvalue weighted by Gasteiger charge is -2.14. The van der Waals surface area contributed by atoms with Crippen LogP contribution in [0, 0.1) is 0 Å². The molecule has 1 heterocycles. The molecule has 2 aromatic rings. The zero-order valence-electron chi connectivity index (χ0n) is 9.80. The maximum Gasteiger partial charge on any atom is 0.0741 e. The van der Waals surface area contributed by atoms with E-state index in [1.807, 2.05) is 36.7 Å². The summed E-state index contributed by atoms with van der Waals surface area (Å²) in [5, 5.41) is 5.19. The number of hydrogen-bond acceptors (Lipinski definition) is 4. The molecule has 17 heavy (non-hydrogen) atoms. The maximum absolute atomic E-state index is 5.70. The number of nitrogens with zero attached hydrogens (tertiary/aromatic N) is 1. The van der Waals surface area contributed by atoms with Crippen LogP contribution in [0.3, 0.4) is 0 Å². The fourth-order valence-electron chi connectivity index (χ4n) is 1.59. The minimum absolute atomic E-state index is 0.171. The molecule has 0 spiro atoms. The van der Waals surface area contributed by atoms with Gasteiger partial charge in [0, 0.05) is 5.38 Å². The Morgan fingerprint density at radius 3 is 2.76 bits per heavy atom. The Balaban J connectivity index is 1.81. The molecule has 0 fully saturated rings. The van der Waals surface area contributed by atoms with E-state index in [9.17, 15) is 0 Å². The molecule has 0 bridgehead atoms. The molecule has 2 rings (SSSR count). The molecule has 0 radical (unpaired) electrons. The van der Waals surface area contributed by atoms with E-state index >= 15 is 0 Å². The first-order valence-corrected chi connectivity index (χ1v) is 6.43. The van der Waals surface area contributed by atoms with Crippen LogP contribution in [0.1, 0.15) is 17.3 Å². The molecule has 90 valence electrons. The molecule has 0 saturated heterocycles. The van der Waals surface area contributed by atoms with Crippen molar-refractivity contribution in [1.82, 2.24) is 9.69 Å². The third-order valence-corrected chi connectivity index (χ3v) is 3.13. The highest BCUT2D eigenvalue weighted by molar-refractivity contribution is 7.03. The Hall–Kier alpha value is -1.23. The first-order valence-electron chi connectivity index (χ1n) is 5.59. The number of ether oxygens (including phenoxy) is 1. The summed E-state index contributed by atoms with van der Waals surface area (Å²) in [5.74, 6) is 0. The Bertz CT molecular complexity index is 416. The van der Waals surface area contributed by atoms with Crippen LogP contribution in [0.15, 0.2) is 41.8 Å². The van der Waals surface area contributed by atoms with Crippen LogP contribution in [0.5, 0.6) is 0 Å². The normalized spacial score (nSPS) is 12.5. The second-order valence-electron chi connectivity index (χ2n) is 3.77. The van der Waals surface area contributed by atoms with E-state index in [2.05, 4.69) is 21.8 Å². The highest BCUT2D eigenvalue weighted by atomic mass is 32.1. The number of hydrogen-bond donors (Lipinski definition) is 1. The summed E-state index contributed by atoms with van der Waals surface area (Å²) >= 11 is 1.47. The van der Waals surface area contributed by atoms with Crippen molar-refractivity contribution in [1.29, 1.82) is 0 Å². The predicted molar refractivity (Wildman–Crippen MR) is 70.0 cm³/mol. The van der Waals surface area contributed by atoms with Crippen molar-refractivity contribution in [2.45, 2.75) is 12.6 Å². The van der Waals surface area contributed by atoms with Crippen molar-refractivity contribution < 1.29 is 4.74 Å². The van der Waals surface area contributed by atoms with Crippen molar-refractivity contribution in [3.05, 3.63) is 53.0 Å². The third-order valence-electron chi connectivity index (χ3n) is 2.56. The fourth-order valence-corrected chi connectivity index (χ4v) is 2.16. The molecule has 1 aromatic heterocycles. The summed E-state index contributed by atoms with van der Waals surface area (Å²) in [4.78, 5) is 0. The van der Waals surface area contributed by atoms with Gasteiger partial charge in [-0.1, -0.05) is 30.3 Å². The molecule has 0 aliphatic rings. The minimum atomic E-state index is 0.171. The van der Waals surface area contributed by atoms with Gasteiger partial charge in [-0.2, -0.15) is 4.37 Å². The van der Waals surface area contributed by atoms with Crippen molar-refractivity contribution >= 4 is 11.5 Å². The van der Waals surface area contributed by atoms with E-state index in [0.29, 0.717) is 13.2 Å². The molecule has 1 N–H and O–H groups in total. The van der Waals surface area contributed by atoms with Gasteiger partial charge < -0.3 is 10.1 Å². The van der Waals surface area contributed by atoms with Gasteiger partial charge in [0.2, 0.25) is 0 Å². The highest BCUT2D eigenvalue weighted by Gasteiger charge is 2.10. The van der Waals surface area contributed by atoms with Gasteiger partial charge in [0.1, 0.15) is 0 Å². The molecule has 0 aliphatic heterocycles. The maximum atomic E-state index is 5.70. The van der Waals surface area contributed by atoms with Crippen LogP contribution in [-0.4, -0.2) is 18.0 Å². The number of aromatic nitrogens is 1. The summed E-state index contributed by atoms with van der Waals surface area (Å²) < 4.78 is 10.0. The van der Waals surface area contributed by atoms with Crippen molar-refractivity contribution in [2.75, 3.05) is 13.7 Å².